The summed E-state index contributed by atoms with van der Waals surface area (Å²) in [6.45, 7) is 13.8. The third-order valence-corrected chi connectivity index (χ3v) is 6.37. The highest BCUT2D eigenvalue weighted by Gasteiger charge is 2.39. The van der Waals surface area contributed by atoms with Gasteiger partial charge in [0.15, 0.2) is 0 Å². The maximum Gasteiger partial charge on any atom is 0.240 e. The second kappa shape index (κ2) is 8.26. The minimum Gasteiger partial charge on any atom is -0.339 e. The summed E-state index contributed by atoms with van der Waals surface area (Å²) in [5.74, 6) is 0.610. The second-order valence-electron chi connectivity index (χ2n) is 8.64. The van der Waals surface area contributed by atoms with Gasteiger partial charge in [-0.25, -0.2) is 0 Å². The number of piperidine rings is 2. The van der Waals surface area contributed by atoms with Crippen molar-refractivity contribution in [3.05, 3.63) is 0 Å². The van der Waals surface area contributed by atoms with Crippen LogP contribution in [0.4, 0.5) is 0 Å². The molecule has 3 aliphatic heterocycles. The van der Waals surface area contributed by atoms with Gasteiger partial charge in [-0.15, -0.1) is 0 Å². The van der Waals surface area contributed by atoms with Crippen LogP contribution in [-0.2, 0) is 9.59 Å². The fraction of sp³-hybridized carbons (Fsp3) is 0.900. The molecule has 3 fully saturated rings. The molecule has 0 N–H and O–H groups in total. The molecule has 0 aliphatic carbocycles. The Balaban J connectivity index is 1.57. The van der Waals surface area contributed by atoms with Crippen LogP contribution < -0.4 is 0 Å². The molecule has 0 aromatic carbocycles. The highest BCUT2D eigenvalue weighted by molar-refractivity contribution is 5.83. The topological polar surface area (TPSA) is 47.1 Å². The number of carbonyl (C=O) groups is 2. The molecule has 148 valence electrons. The molecule has 0 saturated carbocycles. The van der Waals surface area contributed by atoms with Crippen molar-refractivity contribution >= 4 is 11.8 Å². The predicted molar refractivity (Wildman–Crippen MR) is 103 cm³/mol. The summed E-state index contributed by atoms with van der Waals surface area (Å²) < 4.78 is 0. The van der Waals surface area contributed by atoms with E-state index in [1.807, 2.05) is 9.80 Å². The minimum absolute atomic E-state index is 0.0440. The van der Waals surface area contributed by atoms with Crippen LogP contribution in [0.2, 0.25) is 0 Å². The summed E-state index contributed by atoms with van der Waals surface area (Å²) in [5, 5.41) is 0. The Morgan fingerprint density at radius 1 is 0.654 bits per heavy atom. The Labute approximate surface area is 158 Å². The lowest BCUT2D eigenvalue weighted by Gasteiger charge is -2.46. The Bertz CT molecular complexity index is 468. The Kier molecular flexibility index (Phi) is 6.23. The quantitative estimate of drug-likeness (QED) is 0.757. The molecule has 3 aliphatic rings. The molecule has 2 amide bonds. The van der Waals surface area contributed by atoms with E-state index in [1.54, 1.807) is 0 Å². The van der Waals surface area contributed by atoms with E-state index in [0.29, 0.717) is 11.8 Å². The zero-order valence-corrected chi connectivity index (χ0v) is 17.0. The molecule has 26 heavy (non-hydrogen) atoms. The first-order valence-corrected chi connectivity index (χ1v) is 10.5. The van der Waals surface area contributed by atoms with Gasteiger partial charge in [0.2, 0.25) is 11.8 Å². The molecule has 0 aromatic heterocycles. The fourth-order valence-electron chi connectivity index (χ4n) is 4.82. The van der Waals surface area contributed by atoms with E-state index in [4.69, 9.17) is 0 Å². The number of likely N-dealkylation sites (tertiary alicyclic amines) is 2. The van der Waals surface area contributed by atoms with Gasteiger partial charge in [-0.2, -0.15) is 0 Å². The van der Waals surface area contributed by atoms with Gasteiger partial charge in [0.05, 0.1) is 12.1 Å². The monoisotopic (exact) mass is 364 g/mol. The molecule has 3 saturated heterocycles. The van der Waals surface area contributed by atoms with Crippen molar-refractivity contribution in [3.8, 4) is 0 Å². The third-order valence-electron chi connectivity index (χ3n) is 6.37. The van der Waals surface area contributed by atoms with E-state index in [0.717, 1.165) is 65.0 Å². The molecule has 0 aromatic rings. The average Bonchev–Trinajstić information content (AvgIpc) is 2.62. The number of hydrogen-bond acceptors (Lipinski definition) is 4. The van der Waals surface area contributed by atoms with E-state index >= 15 is 0 Å². The highest BCUT2D eigenvalue weighted by Crippen LogP contribution is 2.24. The molecule has 3 heterocycles. The second-order valence-corrected chi connectivity index (χ2v) is 8.64. The largest absolute Gasteiger partial charge is 0.339 e. The molecule has 0 spiro atoms. The number of rotatable bonds is 4. The van der Waals surface area contributed by atoms with E-state index in [9.17, 15) is 9.59 Å². The van der Waals surface area contributed by atoms with Gasteiger partial charge in [-0.3, -0.25) is 19.4 Å². The van der Waals surface area contributed by atoms with Crippen molar-refractivity contribution in [3.63, 3.8) is 0 Å². The number of piperazine rings is 1. The van der Waals surface area contributed by atoms with Gasteiger partial charge in [0.25, 0.3) is 0 Å². The first-order chi connectivity index (χ1) is 12.4. The summed E-state index contributed by atoms with van der Waals surface area (Å²) in [7, 11) is 0. The maximum atomic E-state index is 12.8. The number of carbonyl (C=O) groups excluding carboxylic acids is 2. The lowest BCUT2D eigenvalue weighted by Crippen LogP contribution is -2.62. The first kappa shape index (κ1) is 19.6. The number of nitrogens with zero attached hydrogens (tertiary/aromatic N) is 4. The smallest absolute Gasteiger partial charge is 0.240 e. The molecule has 2 atom stereocenters. The molecular weight excluding hydrogens is 328 g/mol. The van der Waals surface area contributed by atoms with Crippen LogP contribution in [0.1, 0.15) is 53.4 Å². The molecule has 0 bridgehead atoms. The standard InChI is InChI=1S/C20H36N4O2/c1-15(2)23-9-5-7-17(19(23)25)21-11-13-22(14-12-21)18-8-6-10-24(16(3)4)20(18)26/h15-18H,5-14H2,1-4H3/t17-,18-/m0/s1. The SMILES string of the molecule is CC(C)N1CCC[C@H](N2CCN([C@H]3CCCN(C(C)C)C3=O)CC2)C1=O. The molecule has 6 nitrogen and oxygen atoms in total. The van der Waals surface area contributed by atoms with Gasteiger partial charge in [0.1, 0.15) is 0 Å². The lowest BCUT2D eigenvalue weighted by atomic mass is 9.98. The van der Waals surface area contributed by atoms with Crippen LogP contribution in [0.15, 0.2) is 0 Å². The fourth-order valence-corrected chi connectivity index (χ4v) is 4.82. The summed E-state index contributed by atoms with van der Waals surface area (Å²) in [5.41, 5.74) is 0. The molecule has 6 heteroatoms. The minimum atomic E-state index is 0.0440. The van der Waals surface area contributed by atoms with Gasteiger partial charge in [-0.05, 0) is 53.4 Å². The van der Waals surface area contributed by atoms with Crippen LogP contribution in [0.3, 0.4) is 0 Å². The van der Waals surface area contributed by atoms with Gasteiger partial charge < -0.3 is 9.80 Å². The van der Waals surface area contributed by atoms with Gasteiger partial charge in [-0.1, -0.05) is 0 Å². The van der Waals surface area contributed by atoms with E-state index in [1.165, 1.54) is 0 Å². The first-order valence-electron chi connectivity index (χ1n) is 10.5. The van der Waals surface area contributed by atoms with Crippen molar-refractivity contribution in [1.82, 2.24) is 19.6 Å². The summed E-state index contributed by atoms with van der Waals surface area (Å²) in [6, 6.07) is 0.659. The van der Waals surface area contributed by atoms with Crippen molar-refractivity contribution in [2.24, 2.45) is 0 Å². The summed E-state index contributed by atoms with van der Waals surface area (Å²) >= 11 is 0. The summed E-state index contributed by atoms with van der Waals surface area (Å²) in [4.78, 5) is 34.4. The lowest BCUT2D eigenvalue weighted by molar-refractivity contribution is -0.147. The molecular formula is C20H36N4O2. The van der Waals surface area contributed by atoms with E-state index in [2.05, 4.69) is 37.5 Å². The highest BCUT2D eigenvalue weighted by atomic mass is 16.2. The average molecular weight is 365 g/mol. The molecule has 0 unspecified atom stereocenters. The third kappa shape index (κ3) is 3.91. The van der Waals surface area contributed by atoms with Crippen LogP contribution in [0.5, 0.6) is 0 Å². The predicted octanol–water partition coefficient (Wildman–Crippen LogP) is 1.40. The van der Waals surface area contributed by atoms with Crippen LogP contribution in [0, 0.1) is 0 Å². The van der Waals surface area contributed by atoms with Crippen molar-refractivity contribution < 1.29 is 9.59 Å². The summed E-state index contributed by atoms with van der Waals surface area (Å²) in [6.07, 6.45) is 4.15. The number of amides is 2. The molecule has 3 rings (SSSR count). The van der Waals surface area contributed by atoms with Crippen LogP contribution in [-0.4, -0.2) is 94.8 Å². The Hall–Kier alpha value is -1.14. The van der Waals surface area contributed by atoms with Crippen molar-refractivity contribution in [2.75, 3.05) is 39.3 Å². The Morgan fingerprint density at radius 2 is 1.00 bits per heavy atom. The zero-order chi connectivity index (χ0) is 18.8. The van der Waals surface area contributed by atoms with E-state index < -0.39 is 0 Å². The van der Waals surface area contributed by atoms with Crippen molar-refractivity contribution in [2.45, 2.75) is 77.5 Å². The van der Waals surface area contributed by atoms with Crippen LogP contribution in [0.25, 0.3) is 0 Å². The van der Waals surface area contributed by atoms with Gasteiger partial charge in [0, 0.05) is 51.4 Å². The molecule has 0 radical (unpaired) electrons. The van der Waals surface area contributed by atoms with Crippen LogP contribution >= 0.6 is 0 Å². The normalized spacial score (nSPS) is 29.9. The Morgan fingerprint density at radius 3 is 1.31 bits per heavy atom. The maximum absolute atomic E-state index is 12.8. The zero-order valence-electron chi connectivity index (χ0n) is 17.0. The van der Waals surface area contributed by atoms with E-state index in [-0.39, 0.29) is 24.2 Å². The number of hydrogen-bond donors (Lipinski definition) is 0. The van der Waals surface area contributed by atoms with Gasteiger partial charge >= 0.3 is 0 Å². The van der Waals surface area contributed by atoms with Crippen molar-refractivity contribution in [1.29, 1.82) is 0 Å².